The molecule has 2 aliphatic rings. The van der Waals surface area contributed by atoms with Gasteiger partial charge in [-0.25, -0.2) is 9.97 Å². The van der Waals surface area contributed by atoms with Crippen molar-refractivity contribution in [2.75, 3.05) is 26.2 Å². The molecule has 0 saturated carbocycles. The van der Waals surface area contributed by atoms with Gasteiger partial charge in [0.25, 0.3) is 0 Å². The number of aromatic nitrogens is 2. The second-order valence-electron chi connectivity index (χ2n) is 14.6. The Morgan fingerprint density at radius 1 is 0.907 bits per heavy atom. The molecular weight excluding hydrogens is 692 g/mol. The SMILES string of the molecule is Cc1c(-c2nc3cc(CN4CCC(C(=O)O)C4)c(OC(F)F)cc3o2)cccc1-c1cccc(-c2nc3cc(CN4CCC(C)C4)cc(C#N)c3o2)c1C. The van der Waals surface area contributed by atoms with Crippen LogP contribution in [0.1, 0.15) is 47.6 Å². The molecule has 2 saturated heterocycles. The van der Waals surface area contributed by atoms with Gasteiger partial charge in [0.05, 0.1) is 11.5 Å². The number of benzene rings is 4. The van der Waals surface area contributed by atoms with Gasteiger partial charge in [0.1, 0.15) is 22.9 Å². The minimum Gasteiger partial charge on any atom is -0.481 e. The second kappa shape index (κ2) is 14.3. The fourth-order valence-electron chi connectivity index (χ4n) is 7.99. The van der Waals surface area contributed by atoms with E-state index < -0.39 is 18.5 Å². The first kappa shape index (κ1) is 35.4. The number of carboxylic acids is 1. The quantitative estimate of drug-likeness (QED) is 0.146. The molecule has 10 nitrogen and oxygen atoms in total. The van der Waals surface area contributed by atoms with Crippen LogP contribution in [0.4, 0.5) is 8.78 Å². The number of nitrogens with zero attached hydrogens (tertiary/aromatic N) is 5. The molecule has 4 aromatic carbocycles. The van der Waals surface area contributed by atoms with Crippen molar-refractivity contribution in [3.63, 3.8) is 0 Å². The average molecular weight is 732 g/mol. The highest BCUT2D eigenvalue weighted by Crippen LogP contribution is 2.39. The molecule has 0 spiro atoms. The maximum Gasteiger partial charge on any atom is 0.387 e. The Bertz CT molecular complexity index is 2450. The van der Waals surface area contributed by atoms with Crippen LogP contribution in [0.5, 0.6) is 5.75 Å². The summed E-state index contributed by atoms with van der Waals surface area (Å²) in [4.78, 5) is 25.5. The largest absolute Gasteiger partial charge is 0.481 e. The van der Waals surface area contributed by atoms with Crippen LogP contribution in [-0.4, -0.2) is 63.6 Å². The molecule has 0 aliphatic carbocycles. The van der Waals surface area contributed by atoms with Crippen LogP contribution in [-0.2, 0) is 17.9 Å². The van der Waals surface area contributed by atoms with Crippen molar-refractivity contribution in [1.29, 1.82) is 5.26 Å². The fourth-order valence-corrected chi connectivity index (χ4v) is 7.99. The van der Waals surface area contributed by atoms with Crippen LogP contribution in [0.15, 0.2) is 69.5 Å². The van der Waals surface area contributed by atoms with E-state index in [1.807, 2.05) is 67.3 Å². The normalized spacial score (nSPS) is 17.9. The number of carboxylic acid groups (broad SMARTS) is 1. The molecule has 2 unspecified atom stereocenters. The van der Waals surface area contributed by atoms with Crippen molar-refractivity contribution in [3.8, 4) is 45.9 Å². The molecule has 6 aromatic rings. The highest BCUT2D eigenvalue weighted by atomic mass is 19.3. The summed E-state index contributed by atoms with van der Waals surface area (Å²) in [6.45, 7) is 7.16. The Kier molecular flexibility index (Phi) is 9.37. The van der Waals surface area contributed by atoms with Gasteiger partial charge in [0.2, 0.25) is 11.8 Å². The van der Waals surface area contributed by atoms with Gasteiger partial charge in [-0.05, 0) is 104 Å². The monoisotopic (exact) mass is 731 g/mol. The fraction of sp³-hybridized carbons (Fsp3) is 0.333. The number of halogens is 2. The first-order chi connectivity index (χ1) is 26.0. The molecular formula is C42H39F2N5O5. The van der Waals surface area contributed by atoms with E-state index in [1.165, 1.54) is 12.5 Å². The molecule has 2 aromatic heterocycles. The van der Waals surface area contributed by atoms with Gasteiger partial charge in [-0.15, -0.1) is 0 Å². The van der Waals surface area contributed by atoms with E-state index in [0.29, 0.717) is 70.5 Å². The maximum atomic E-state index is 13.5. The molecule has 1 N–H and O–H groups in total. The molecule has 8 rings (SSSR count). The van der Waals surface area contributed by atoms with Gasteiger partial charge in [-0.2, -0.15) is 14.0 Å². The zero-order valence-electron chi connectivity index (χ0n) is 30.2. The van der Waals surface area contributed by atoms with Crippen LogP contribution in [0.2, 0.25) is 0 Å². The van der Waals surface area contributed by atoms with Gasteiger partial charge >= 0.3 is 12.6 Å². The predicted octanol–water partition coefficient (Wildman–Crippen LogP) is 8.81. The molecule has 0 radical (unpaired) electrons. The Balaban J connectivity index is 1.11. The number of ether oxygens (including phenoxy) is 1. The maximum absolute atomic E-state index is 13.5. The Labute approximate surface area is 310 Å². The van der Waals surface area contributed by atoms with Crippen molar-refractivity contribution in [2.24, 2.45) is 11.8 Å². The Morgan fingerprint density at radius 3 is 2.19 bits per heavy atom. The lowest BCUT2D eigenvalue weighted by molar-refractivity contribution is -0.141. The van der Waals surface area contributed by atoms with Crippen molar-refractivity contribution in [2.45, 2.75) is 53.3 Å². The minimum atomic E-state index is -3.05. The van der Waals surface area contributed by atoms with E-state index in [9.17, 15) is 23.9 Å². The van der Waals surface area contributed by atoms with E-state index in [0.717, 1.165) is 58.6 Å². The third-order valence-corrected chi connectivity index (χ3v) is 10.8. The number of alkyl halides is 2. The number of fused-ring (bicyclic) bond motifs is 2. The van der Waals surface area contributed by atoms with Gasteiger partial charge in [0, 0.05) is 48.9 Å². The molecule has 54 heavy (non-hydrogen) atoms. The number of hydrogen-bond donors (Lipinski definition) is 1. The average Bonchev–Trinajstić information content (AvgIpc) is 3.95. The molecule has 276 valence electrons. The summed E-state index contributed by atoms with van der Waals surface area (Å²) in [5, 5.41) is 19.4. The summed E-state index contributed by atoms with van der Waals surface area (Å²) < 4.78 is 44.3. The third kappa shape index (κ3) is 6.81. The summed E-state index contributed by atoms with van der Waals surface area (Å²) in [5.41, 5.74) is 9.15. The predicted molar refractivity (Wildman–Crippen MR) is 199 cm³/mol. The third-order valence-electron chi connectivity index (χ3n) is 10.8. The molecule has 4 heterocycles. The molecule has 12 heteroatoms. The number of hydrogen-bond acceptors (Lipinski definition) is 9. The van der Waals surface area contributed by atoms with Crippen molar-refractivity contribution < 1.29 is 32.3 Å². The van der Waals surface area contributed by atoms with Crippen LogP contribution in [0.3, 0.4) is 0 Å². The smallest absolute Gasteiger partial charge is 0.387 e. The number of carbonyl (C=O) groups is 1. The number of nitriles is 1. The van der Waals surface area contributed by atoms with E-state index in [2.05, 4.69) is 17.9 Å². The molecule has 0 bridgehead atoms. The van der Waals surface area contributed by atoms with E-state index in [-0.39, 0.29) is 12.3 Å². The first-order valence-electron chi connectivity index (χ1n) is 18.1. The van der Waals surface area contributed by atoms with Crippen LogP contribution >= 0.6 is 0 Å². The van der Waals surface area contributed by atoms with Crippen molar-refractivity contribution >= 4 is 28.2 Å². The van der Waals surface area contributed by atoms with Crippen LogP contribution < -0.4 is 4.74 Å². The molecule has 2 atom stereocenters. The van der Waals surface area contributed by atoms with Gasteiger partial charge in [-0.3, -0.25) is 14.6 Å². The van der Waals surface area contributed by atoms with Crippen LogP contribution in [0.25, 0.3) is 56.2 Å². The summed E-state index contributed by atoms with van der Waals surface area (Å²) in [6, 6.07) is 21.1. The Morgan fingerprint density at radius 2 is 1.56 bits per heavy atom. The second-order valence-corrected chi connectivity index (χ2v) is 14.6. The number of aliphatic carboxylic acids is 1. The van der Waals surface area contributed by atoms with Gasteiger partial charge in [0.15, 0.2) is 11.2 Å². The number of oxazole rings is 2. The molecule has 2 aliphatic heterocycles. The lowest BCUT2D eigenvalue weighted by Gasteiger charge is -2.17. The van der Waals surface area contributed by atoms with Crippen molar-refractivity contribution in [3.05, 3.63) is 88.5 Å². The summed E-state index contributed by atoms with van der Waals surface area (Å²) in [5.74, 6) is 0.0273. The van der Waals surface area contributed by atoms with E-state index in [4.69, 9.17) is 23.5 Å². The first-order valence-corrected chi connectivity index (χ1v) is 18.1. The zero-order valence-corrected chi connectivity index (χ0v) is 30.2. The summed E-state index contributed by atoms with van der Waals surface area (Å²) in [7, 11) is 0. The summed E-state index contributed by atoms with van der Waals surface area (Å²) >= 11 is 0. The molecule has 0 amide bonds. The highest BCUT2D eigenvalue weighted by Gasteiger charge is 2.29. The van der Waals surface area contributed by atoms with Gasteiger partial charge < -0.3 is 18.7 Å². The number of rotatable bonds is 10. The minimum absolute atomic E-state index is 0.0320. The highest BCUT2D eigenvalue weighted by molar-refractivity contribution is 5.86. The lowest BCUT2D eigenvalue weighted by atomic mass is 9.91. The molecule has 2 fully saturated rings. The standard InChI is InChI=1S/C42H39F2N5O5/c1-23-10-12-48(19-23)20-26-14-28(18-45)38-35(15-26)47-40(54-38)33-9-5-7-31(25(33)3)30-6-4-8-32(24(30)2)39-46-34-16-29(22-49-13-11-27(21-49)41(50)51)36(53-42(43)44)17-37(34)52-39/h4-9,14-17,23,27,42H,10-13,19-22H2,1-3H3,(H,50,51). The zero-order chi connectivity index (χ0) is 37.7. The van der Waals surface area contributed by atoms with E-state index in [1.54, 1.807) is 6.07 Å². The van der Waals surface area contributed by atoms with Crippen molar-refractivity contribution in [1.82, 2.24) is 19.8 Å². The lowest BCUT2D eigenvalue weighted by Crippen LogP contribution is -2.23. The topological polar surface area (TPSA) is 129 Å². The number of likely N-dealkylation sites (tertiary alicyclic amines) is 2. The van der Waals surface area contributed by atoms with Crippen LogP contribution in [0, 0.1) is 37.0 Å². The Hall–Kier alpha value is -5.64. The van der Waals surface area contributed by atoms with Gasteiger partial charge in [-0.1, -0.05) is 31.2 Å². The summed E-state index contributed by atoms with van der Waals surface area (Å²) in [6.07, 6.45) is 1.66. The van der Waals surface area contributed by atoms with E-state index >= 15 is 0 Å².